The van der Waals surface area contributed by atoms with Crippen LogP contribution in [0.2, 0.25) is 0 Å². The number of carbonyl (C=O) groups excluding carboxylic acids is 2. The van der Waals surface area contributed by atoms with Crippen LogP contribution in [0, 0.1) is 0 Å². The molecule has 0 bridgehead atoms. The van der Waals surface area contributed by atoms with E-state index in [1.54, 1.807) is 6.08 Å². The van der Waals surface area contributed by atoms with Gasteiger partial charge in [-0.25, -0.2) is 0 Å². The van der Waals surface area contributed by atoms with Crippen molar-refractivity contribution in [3.8, 4) is 0 Å². The Morgan fingerprint density at radius 1 is 0.519 bits per heavy atom. The van der Waals surface area contributed by atoms with Gasteiger partial charge in [-0.2, -0.15) is 0 Å². The van der Waals surface area contributed by atoms with Crippen molar-refractivity contribution in [1.82, 2.24) is 5.32 Å². The van der Waals surface area contributed by atoms with Gasteiger partial charge in [0.25, 0.3) is 0 Å². The van der Waals surface area contributed by atoms with E-state index >= 15 is 0 Å². The summed E-state index contributed by atoms with van der Waals surface area (Å²) in [7, 11) is 0. The second kappa shape index (κ2) is 53.7. The predicted molar refractivity (Wildman–Crippen MR) is 319 cm³/mol. The molecule has 0 aromatic heterocycles. The molecule has 0 aliphatic carbocycles. The highest BCUT2D eigenvalue weighted by Gasteiger charge is 2.47. The quantitative estimate of drug-likeness (QED) is 0.0195. The third-order valence-electron chi connectivity index (χ3n) is 14.6. The number of amides is 1. The maximum absolute atomic E-state index is 13.4. The highest BCUT2D eigenvalue weighted by Crippen LogP contribution is 2.26. The Morgan fingerprint density at radius 3 is 1.39 bits per heavy atom. The van der Waals surface area contributed by atoms with E-state index in [9.17, 15) is 35.1 Å². The molecule has 1 fully saturated rings. The summed E-state index contributed by atoms with van der Waals surface area (Å²) in [5.41, 5.74) is 0. The summed E-state index contributed by atoms with van der Waals surface area (Å²) in [5, 5.41) is 57.0. The van der Waals surface area contributed by atoms with Crippen LogP contribution in [0.5, 0.6) is 0 Å². The summed E-state index contributed by atoms with van der Waals surface area (Å²) >= 11 is 0. The zero-order valence-corrected chi connectivity index (χ0v) is 49.3. The molecule has 6 N–H and O–H groups in total. The lowest BCUT2D eigenvalue weighted by atomic mass is 9.99. The van der Waals surface area contributed by atoms with Gasteiger partial charge >= 0.3 is 5.97 Å². The largest absolute Gasteiger partial charge is 0.454 e. The molecule has 1 heterocycles. The number of aliphatic hydroxyl groups excluding tert-OH is 5. The molecule has 1 rings (SSSR count). The number of hydrogen-bond donors (Lipinski definition) is 6. The lowest BCUT2D eigenvalue weighted by Crippen LogP contribution is -2.61. The van der Waals surface area contributed by atoms with Crippen molar-refractivity contribution in [1.29, 1.82) is 0 Å². The molecule has 0 saturated carbocycles. The Kier molecular flexibility index (Phi) is 50.3. The average molecular weight is 1080 g/mol. The molecule has 0 radical (unpaired) electrons. The summed E-state index contributed by atoms with van der Waals surface area (Å²) in [4.78, 5) is 26.5. The first kappa shape index (κ1) is 72.1. The molecule has 0 spiro atoms. The van der Waals surface area contributed by atoms with Crippen LogP contribution >= 0.6 is 0 Å². The second-order valence-corrected chi connectivity index (χ2v) is 21.8. The molecule has 8 atom stereocenters. The zero-order chi connectivity index (χ0) is 56.1. The van der Waals surface area contributed by atoms with E-state index in [1.807, 2.05) is 18.2 Å². The van der Waals surface area contributed by atoms with E-state index in [0.717, 1.165) is 70.6 Å². The smallest absolute Gasteiger partial charge is 0.306 e. The Bertz CT molecular complexity index is 1530. The molecule has 446 valence electrons. The van der Waals surface area contributed by atoms with Crippen LogP contribution in [0.25, 0.3) is 0 Å². The van der Waals surface area contributed by atoms with Crippen molar-refractivity contribution >= 4 is 11.9 Å². The first-order valence-electron chi connectivity index (χ1n) is 31.7. The van der Waals surface area contributed by atoms with Crippen LogP contribution in [0.1, 0.15) is 271 Å². The van der Waals surface area contributed by atoms with Gasteiger partial charge in [-0.15, -0.1) is 0 Å². The number of esters is 1. The van der Waals surface area contributed by atoms with E-state index in [2.05, 4.69) is 74.7 Å². The fraction of sp³-hybridized carbons (Fsp3) is 0.788. The highest BCUT2D eigenvalue weighted by molar-refractivity contribution is 5.80. The number of aliphatic hydroxyl groups is 5. The Balaban J connectivity index is 2.71. The molecule has 0 aromatic rings. The Hall–Kier alpha value is -2.90. The van der Waals surface area contributed by atoms with Crippen LogP contribution in [-0.2, 0) is 23.8 Å². The lowest BCUT2D eigenvalue weighted by Gasteiger charge is -2.41. The molecule has 1 saturated heterocycles. The predicted octanol–water partition coefficient (Wildman–Crippen LogP) is 15.2. The van der Waals surface area contributed by atoms with Gasteiger partial charge in [-0.3, -0.25) is 9.59 Å². The van der Waals surface area contributed by atoms with Gasteiger partial charge in [0.15, 0.2) is 12.4 Å². The van der Waals surface area contributed by atoms with Crippen LogP contribution in [0.3, 0.4) is 0 Å². The molecular weight excluding hydrogens is 967 g/mol. The molecule has 0 aromatic carbocycles. The van der Waals surface area contributed by atoms with Crippen molar-refractivity contribution in [3.63, 3.8) is 0 Å². The van der Waals surface area contributed by atoms with Gasteiger partial charge in [0, 0.05) is 6.42 Å². The molecular formula is C66H117NO10. The molecule has 1 aliphatic heterocycles. The zero-order valence-electron chi connectivity index (χ0n) is 49.3. The second-order valence-electron chi connectivity index (χ2n) is 21.8. The van der Waals surface area contributed by atoms with Gasteiger partial charge in [0.1, 0.15) is 24.4 Å². The van der Waals surface area contributed by atoms with Gasteiger partial charge < -0.3 is 45.1 Å². The minimum atomic E-state index is -1.64. The summed E-state index contributed by atoms with van der Waals surface area (Å²) < 4.78 is 17.6. The number of nitrogens with one attached hydrogen (secondary N) is 1. The average Bonchev–Trinajstić information content (AvgIpc) is 3.43. The standard InChI is InChI=1S/C66H117NO10/c1-4-7-10-13-16-19-22-25-27-29-31-32-35-38-41-44-47-50-53-59(70)65(74)67-57(58(69)52-49-46-43-40-37-34-24-21-18-15-12-9-6-3)56-75-66-64(63(73)62(72)60(55-68)76-66)77-61(71)54-51-48-45-42-39-36-33-30-28-26-23-20-17-14-11-8-5-2/h8,11,17,20,26,28,33,36,42,45,49,52,57-60,62-64,66,68-70,72-73H,4-7,9-10,12-16,18-19,21-25,27,29-32,34-35,37-41,43-44,46-48,50-51,53-56H2,1-3H3,(H,67,74)/b11-8-,20-17-,28-26-,36-33-,45-42-,52-49+. The molecule has 1 amide bonds. The molecule has 77 heavy (non-hydrogen) atoms. The van der Waals surface area contributed by atoms with Crippen molar-refractivity contribution < 1.29 is 49.3 Å². The highest BCUT2D eigenvalue weighted by atomic mass is 16.7. The molecule has 1 aliphatic rings. The maximum Gasteiger partial charge on any atom is 0.306 e. The number of allylic oxidation sites excluding steroid dienone is 11. The third-order valence-corrected chi connectivity index (χ3v) is 14.6. The van der Waals surface area contributed by atoms with Gasteiger partial charge in [0.2, 0.25) is 5.91 Å². The maximum atomic E-state index is 13.4. The van der Waals surface area contributed by atoms with E-state index in [1.165, 1.54) is 148 Å². The number of hydrogen-bond acceptors (Lipinski definition) is 10. The number of carbonyl (C=O) groups is 2. The SMILES string of the molecule is CC/C=C\C/C=C\C/C=C\C/C=C\C/C=C\CCCC(=O)OC1C(OCC(NC(=O)C(O)CCCCCCCCCCCCCCCCCCCC)C(O)/C=C/CCCCCCCCCCCCC)OC(CO)C(O)C1O. The van der Waals surface area contributed by atoms with E-state index in [0.29, 0.717) is 19.3 Å². The van der Waals surface area contributed by atoms with Crippen LogP contribution in [0.15, 0.2) is 72.9 Å². The minimum absolute atomic E-state index is 0.0441. The number of unbranched alkanes of at least 4 members (excludes halogenated alkanes) is 29. The van der Waals surface area contributed by atoms with Crippen molar-refractivity contribution in [2.24, 2.45) is 0 Å². The van der Waals surface area contributed by atoms with Crippen LogP contribution < -0.4 is 5.32 Å². The van der Waals surface area contributed by atoms with Crippen LogP contribution in [0.4, 0.5) is 0 Å². The van der Waals surface area contributed by atoms with Gasteiger partial charge in [-0.1, -0.05) is 273 Å². The fourth-order valence-corrected chi connectivity index (χ4v) is 9.63. The van der Waals surface area contributed by atoms with Gasteiger partial charge in [0.05, 0.1) is 25.4 Å². The first-order chi connectivity index (χ1) is 37.7. The molecule has 8 unspecified atom stereocenters. The first-order valence-corrected chi connectivity index (χ1v) is 31.7. The van der Waals surface area contributed by atoms with E-state index < -0.39 is 67.4 Å². The van der Waals surface area contributed by atoms with E-state index in [4.69, 9.17) is 14.2 Å². The number of rotatable bonds is 53. The van der Waals surface area contributed by atoms with E-state index in [-0.39, 0.29) is 19.4 Å². The summed E-state index contributed by atoms with van der Waals surface area (Å²) in [6.45, 7) is 5.66. The Labute approximate surface area is 471 Å². The number of ether oxygens (including phenoxy) is 3. The Morgan fingerprint density at radius 2 is 0.935 bits per heavy atom. The third kappa shape index (κ3) is 41.7. The lowest BCUT2D eigenvalue weighted by molar-refractivity contribution is -0.305. The molecule has 11 nitrogen and oxygen atoms in total. The normalized spacial score (nSPS) is 19.5. The van der Waals surface area contributed by atoms with Crippen molar-refractivity contribution in [2.75, 3.05) is 13.2 Å². The summed E-state index contributed by atoms with van der Waals surface area (Å²) in [6, 6.07) is -1.04. The van der Waals surface area contributed by atoms with Crippen molar-refractivity contribution in [3.05, 3.63) is 72.9 Å². The summed E-state index contributed by atoms with van der Waals surface area (Å²) in [5.74, 6) is -1.25. The minimum Gasteiger partial charge on any atom is -0.454 e. The van der Waals surface area contributed by atoms with Crippen molar-refractivity contribution in [2.45, 2.75) is 320 Å². The monoisotopic (exact) mass is 1080 g/mol. The van der Waals surface area contributed by atoms with Gasteiger partial charge in [-0.05, 0) is 64.2 Å². The fourth-order valence-electron chi connectivity index (χ4n) is 9.63. The van der Waals surface area contributed by atoms with Crippen LogP contribution in [-0.4, -0.2) is 99.6 Å². The summed E-state index contributed by atoms with van der Waals surface area (Å²) in [6.07, 6.45) is 58.0. The topological polar surface area (TPSA) is 175 Å². The molecule has 11 heteroatoms.